The Morgan fingerprint density at radius 1 is 1.55 bits per heavy atom. The van der Waals surface area contributed by atoms with Crippen LogP contribution in [0.4, 0.5) is 4.39 Å². The Kier molecular flexibility index (Phi) is 4.31. The average molecular weight is 299 g/mol. The molecule has 0 amide bonds. The minimum absolute atomic E-state index is 0.0560. The van der Waals surface area contributed by atoms with Gasteiger partial charge in [-0.25, -0.2) is 9.07 Å². The van der Waals surface area contributed by atoms with Gasteiger partial charge in [-0.15, -0.1) is 5.10 Å². The molecule has 0 aliphatic rings. The molecular weight excluding hydrogens is 287 g/mol. The molecule has 106 valence electrons. The quantitative estimate of drug-likeness (QED) is 0.861. The van der Waals surface area contributed by atoms with Crippen LogP contribution in [0, 0.1) is 5.82 Å². The van der Waals surface area contributed by atoms with Crippen LogP contribution in [0.25, 0.3) is 0 Å². The van der Waals surface area contributed by atoms with Crippen molar-refractivity contribution in [3.63, 3.8) is 0 Å². The number of carbonyl (C=O) groups is 1. The smallest absolute Gasteiger partial charge is 0.320 e. The molecule has 6 nitrogen and oxygen atoms in total. The number of hydrogen-bond donors (Lipinski definition) is 2. The van der Waals surface area contributed by atoms with Crippen LogP contribution in [0.15, 0.2) is 24.4 Å². The molecule has 1 aromatic carbocycles. The monoisotopic (exact) mass is 298 g/mol. The molecule has 3 N–H and O–H groups in total. The van der Waals surface area contributed by atoms with Gasteiger partial charge < -0.3 is 10.8 Å². The Bertz CT molecular complexity index is 632. The summed E-state index contributed by atoms with van der Waals surface area (Å²) < 4.78 is 14.8. The van der Waals surface area contributed by atoms with E-state index >= 15 is 0 Å². The molecule has 1 heterocycles. The van der Waals surface area contributed by atoms with Crippen molar-refractivity contribution < 1.29 is 14.3 Å². The lowest BCUT2D eigenvalue weighted by atomic mass is 10.2. The Labute approximate surface area is 119 Å². The molecule has 0 radical (unpaired) electrons. The van der Waals surface area contributed by atoms with Crippen molar-refractivity contribution in [2.45, 2.75) is 19.0 Å². The first-order valence-corrected chi connectivity index (χ1v) is 6.15. The zero-order chi connectivity index (χ0) is 14.7. The van der Waals surface area contributed by atoms with Crippen molar-refractivity contribution in [1.29, 1.82) is 0 Å². The van der Waals surface area contributed by atoms with Crippen molar-refractivity contribution in [1.82, 2.24) is 15.0 Å². The third-order valence-corrected chi connectivity index (χ3v) is 2.97. The number of rotatable bonds is 5. The highest BCUT2D eigenvalue weighted by molar-refractivity contribution is 6.30. The van der Waals surface area contributed by atoms with Gasteiger partial charge in [0.2, 0.25) is 0 Å². The summed E-state index contributed by atoms with van der Waals surface area (Å²) in [6, 6.07) is 3.43. The number of carboxylic acid groups (broad SMARTS) is 1. The summed E-state index contributed by atoms with van der Waals surface area (Å²) in [4.78, 5) is 10.6. The predicted octanol–water partition coefficient (Wildman–Crippen LogP) is 1.07. The lowest BCUT2D eigenvalue weighted by molar-refractivity contribution is -0.138. The van der Waals surface area contributed by atoms with Gasteiger partial charge in [-0.1, -0.05) is 22.9 Å². The summed E-state index contributed by atoms with van der Waals surface area (Å²) in [6.07, 6.45) is 1.67. The second-order valence-corrected chi connectivity index (χ2v) is 4.71. The molecule has 0 fully saturated rings. The number of hydrogen-bond acceptors (Lipinski definition) is 4. The molecule has 0 saturated carbocycles. The first-order chi connectivity index (χ1) is 9.45. The molecule has 1 aromatic heterocycles. The molecule has 2 aromatic rings. The van der Waals surface area contributed by atoms with Crippen molar-refractivity contribution in [3.05, 3.63) is 46.5 Å². The van der Waals surface area contributed by atoms with Gasteiger partial charge in [-0.2, -0.15) is 0 Å². The van der Waals surface area contributed by atoms with Gasteiger partial charge in [0, 0.05) is 12.6 Å². The molecule has 0 bridgehead atoms. The van der Waals surface area contributed by atoms with E-state index in [1.807, 2.05) is 0 Å². The van der Waals surface area contributed by atoms with Gasteiger partial charge in [0.15, 0.2) is 0 Å². The Hall–Kier alpha value is -1.99. The predicted molar refractivity (Wildman–Crippen MR) is 69.8 cm³/mol. The van der Waals surface area contributed by atoms with E-state index in [1.165, 1.54) is 16.8 Å². The lowest BCUT2D eigenvalue weighted by Crippen LogP contribution is -2.32. The fourth-order valence-electron chi connectivity index (χ4n) is 1.65. The van der Waals surface area contributed by atoms with E-state index in [1.54, 1.807) is 12.3 Å². The van der Waals surface area contributed by atoms with Crippen LogP contribution in [0.3, 0.4) is 0 Å². The van der Waals surface area contributed by atoms with Gasteiger partial charge in [0.1, 0.15) is 11.9 Å². The summed E-state index contributed by atoms with van der Waals surface area (Å²) in [5, 5.41) is 16.4. The highest BCUT2D eigenvalue weighted by atomic mass is 35.5. The van der Waals surface area contributed by atoms with E-state index in [0.717, 1.165) is 0 Å². The average Bonchev–Trinajstić information content (AvgIpc) is 2.81. The Morgan fingerprint density at radius 3 is 2.95 bits per heavy atom. The normalized spacial score (nSPS) is 12.3. The van der Waals surface area contributed by atoms with Crippen molar-refractivity contribution in [2.75, 3.05) is 0 Å². The molecule has 0 aliphatic heterocycles. The van der Waals surface area contributed by atoms with Gasteiger partial charge in [0.05, 0.1) is 17.3 Å². The van der Waals surface area contributed by atoms with Crippen LogP contribution in [0.1, 0.15) is 11.3 Å². The summed E-state index contributed by atoms with van der Waals surface area (Å²) >= 11 is 5.60. The first kappa shape index (κ1) is 14.4. The summed E-state index contributed by atoms with van der Waals surface area (Å²) in [5.74, 6) is -1.60. The van der Waals surface area contributed by atoms with E-state index < -0.39 is 17.8 Å². The SMILES string of the molecule is NC(Cc1cn(Cc2ccc(Cl)c(F)c2)nn1)C(=O)O. The highest BCUT2D eigenvalue weighted by Gasteiger charge is 2.14. The fraction of sp³-hybridized carbons (Fsp3) is 0.250. The van der Waals surface area contributed by atoms with E-state index in [4.69, 9.17) is 22.4 Å². The second-order valence-electron chi connectivity index (χ2n) is 4.30. The number of benzene rings is 1. The minimum atomic E-state index is -1.10. The summed E-state index contributed by atoms with van der Waals surface area (Å²) in [6.45, 7) is 0.309. The van der Waals surface area contributed by atoms with Crippen molar-refractivity contribution in [3.8, 4) is 0 Å². The van der Waals surface area contributed by atoms with E-state index in [9.17, 15) is 9.18 Å². The first-order valence-electron chi connectivity index (χ1n) is 5.77. The third kappa shape index (κ3) is 3.52. The molecule has 1 atom stereocenters. The van der Waals surface area contributed by atoms with Crippen LogP contribution in [0.5, 0.6) is 0 Å². The maximum Gasteiger partial charge on any atom is 0.320 e. The van der Waals surface area contributed by atoms with Gasteiger partial charge >= 0.3 is 5.97 Å². The molecule has 0 spiro atoms. The number of aromatic nitrogens is 3. The number of nitrogens with two attached hydrogens (primary N) is 1. The van der Waals surface area contributed by atoms with E-state index in [0.29, 0.717) is 17.8 Å². The maximum atomic E-state index is 13.3. The van der Waals surface area contributed by atoms with Gasteiger partial charge in [-0.05, 0) is 17.7 Å². The number of aliphatic carboxylic acids is 1. The molecule has 0 aliphatic carbocycles. The lowest BCUT2D eigenvalue weighted by Gasteiger charge is -2.03. The largest absolute Gasteiger partial charge is 0.480 e. The Balaban J connectivity index is 2.05. The zero-order valence-electron chi connectivity index (χ0n) is 10.3. The van der Waals surface area contributed by atoms with Crippen LogP contribution >= 0.6 is 11.6 Å². The minimum Gasteiger partial charge on any atom is -0.480 e. The van der Waals surface area contributed by atoms with E-state index in [-0.39, 0.29) is 11.4 Å². The maximum absolute atomic E-state index is 13.3. The number of nitrogens with zero attached hydrogens (tertiary/aromatic N) is 3. The van der Waals surface area contributed by atoms with Crippen LogP contribution in [-0.2, 0) is 17.8 Å². The van der Waals surface area contributed by atoms with Crippen molar-refractivity contribution in [2.24, 2.45) is 5.73 Å². The molecular formula is C12H12ClFN4O2. The van der Waals surface area contributed by atoms with Crippen LogP contribution < -0.4 is 5.73 Å². The number of carboxylic acids is 1. The second kappa shape index (κ2) is 5.98. The fourth-order valence-corrected chi connectivity index (χ4v) is 1.76. The zero-order valence-corrected chi connectivity index (χ0v) is 11.1. The van der Waals surface area contributed by atoms with E-state index in [2.05, 4.69) is 10.3 Å². The summed E-state index contributed by atoms with van der Waals surface area (Å²) in [5.41, 5.74) is 6.55. The molecule has 20 heavy (non-hydrogen) atoms. The third-order valence-electron chi connectivity index (χ3n) is 2.66. The van der Waals surface area contributed by atoms with Gasteiger partial charge in [-0.3, -0.25) is 4.79 Å². The standard InChI is InChI=1S/C12H12ClFN4O2/c13-9-2-1-7(3-10(9)14)5-18-6-8(16-17-18)4-11(15)12(19)20/h1-3,6,11H,4-5,15H2,(H,19,20). The van der Waals surface area contributed by atoms with Gasteiger partial charge in [0.25, 0.3) is 0 Å². The molecule has 0 saturated heterocycles. The van der Waals surface area contributed by atoms with Crippen molar-refractivity contribution >= 4 is 17.6 Å². The molecule has 8 heteroatoms. The Morgan fingerprint density at radius 2 is 2.30 bits per heavy atom. The topological polar surface area (TPSA) is 94.0 Å². The molecule has 2 rings (SSSR count). The van der Waals surface area contributed by atoms with Crippen LogP contribution in [0.2, 0.25) is 5.02 Å². The summed E-state index contributed by atoms with van der Waals surface area (Å²) in [7, 11) is 0. The highest BCUT2D eigenvalue weighted by Crippen LogP contribution is 2.16. The van der Waals surface area contributed by atoms with Crippen LogP contribution in [-0.4, -0.2) is 32.1 Å². The number of halogens is 2. The molecule has 1 unspecified atom stereocenters.